The van der Waals surface area contributed by atoms with E-state index in [0.717, 1.165) is 0 Å². The van der Waals surface area contributed by atoms with Crippen LogP contribution in [-0.4, -0.2) is 19.3 Å². The number of aldehydes is 1. The van der Waals surface area contributed by atoms with Crippen LogP contribution in [0.25, 0.3) is 0 Å². The van der Waals surface area contributed by atoms with E-state index in [9.17, 15) is 9.59 Å². The molecule has 4 nitrogen and oxygen atoms in total. The van der Waals surface area contributed by atoms with Crippen LogP contribution in [-0.2, 0) is 0 Å². The maximum Gasteiger partial charge on any atom is 0.255 e. The Kier molecular flexibility index (Phi) is 4.38. The quantitative estimate of drug-likeness (QED) is 0.878. The lowest BCUT2D eigenvalue weighted by molar-refractivity contribution is 0.102. The van der Waals surface area contributed by atoms with Crippen LogP contribution in [0.3, 0.4) is 0 Å². The molecule has 0 aliphatic heterocycles. The summed E-state index contributed by atoms with van der Waals surface area (Å²) in [5.41, 5.74) is 1.24. The highest BCUT2D eigenvalue weighted by atomic mass is 35.5. The Bertz CT molecular complexity index is 638. The van der Waals surface area contributed by atoms with Crippen molar-refractivity contribution < 1.29 is 14.3 Å². The number of methoxy groups -OCH3 is 1. The number of benzene rings is 2. The lowest BCUT2D eigenvalue weighted by Gasteiger charge is -2.09. The number of hydrogen-bond donors (Lipinski definition) is 1. The van der Waals surface area contributed by atoms with E-state index in [-0.39, 0.29) is 5.91 Å². The van der Waals surface area contributed by atoms with E-state index in [0.29, 0.717) is 33.9 Å². The Hall–Kier alpha value is -2.33. The van der Waals surface area contributed by atoms with Gasteiger partial charge in [-0.2, -0.15) is 0 Å². The van der Waals surface area contributed by atoms with Crippen molar-refractivity contribution in [3.8, 4) is 5.75 Å². The van der Waals surface area contributed by atoms with Gasteiger partial charge in [-0.1, -0.05) is 11.6 Å². The van der Waals surface area contributed by atoms with E-state index in [1.165, 1.54) is 7.11 Å². The predicted molar refractivity (Wildman–Crippen MR) is 77.8 cm³/mol. The molecule has 0 spiro atoms. The zero-order valence-corrected chi connectivity index (χ0v) is 11.5. The van der Waals surface area contributed by atoms with Crippen LogP contribution in [0.4, 0.5) is 5.69 Å². The number of hydrogen-bond acceptors (Lipinski definition) is 3. The standard InChI is InChI=1S/C15H12ClNO3/c1-20-13-6-7-14(11(8-13)9-18)17-15(19)10-2-4-12(16)5-3-10/h2-9H,1H3,(H,17,19). The van der Waals surface area contributed by atoms with Gasteiger partial charge in [0.15, 0.2) is 6.29 Å². The van der Waals surface area contributed by atoms with Crippen LogP contribution in [0.1, 0.15) is 20.7 Å². The van der Waals surface area contributed by atoms with Crippen LogP contribution < -0.4 is 10.1 Å². The average Bonchev–Trinajstić information content (AvgIpc) is 2.48. The highest BCUT2D eigenvalue weighted by Gasteiger charge is 2.09. The number of halogens is 1. The minimum Gasteiger partial charge on any atom is -0.497 e. The largest absolute Gasteiger partial charge is 0.497 e. The highest BCUT2D eigenvalue weighted by molar-refractivity contribution is 6.30. The summed E-state index contributed by atoms with van der Waals surface area (Å²) in [5.74, 6) is 0.242. The van der Waals surface area contributed by atoms with Gasteiger partial charge in [-0.3, -0.25) is 9.59 Å². The van der Waals surface area contributed by atoms with Crippen molar-refractivity contribution in [3.63, 3.8) is 0 Å². The minimum atomic E-state index is -0.310. The summed E-state index contributed by atoms with van der Waals surface area (Å²) in [7, 11) is 1.51. The smallest absolute Gasteiger partial charge is 0.255 e. The summed E-state index contributed by atoms with van der Waals surface area (Å²) in [6.45, 7) is 0. The molecule has 0 saturated heterocycles. The molecule has 0 fully saturated rings. The zero-order chi connectivity index (χ0) is 14.5. The van der Waals surface area contributed by atoms with Gasteiger partial charge in [0.25, 0.3) is 5.91 Å². The molecule has 1 N–H and O–H groups in total. The molecule has 2 aromatic carbocycles. The van der Waals surface area contributed by atoms with Crippen molar-refractivity contribution in [2.75, 3.05) is 12.4 Å². The summed E-state index contributed by atoms with van der Waals surface area (Å²) in [4.78, 5) is 23.1. The predicted octanol–water partition coefficient (Wildman–Crippen LogP) is 3.41. The highest BCUT2D eigenvalue weighted by Crippen LogP contribution is 2.21. The van der Waals surface area contributed by atoms with Crippen LogP contribution in [0.2, 0.25) is 5.02 Å². The number of ether oxygens (including phenoxy) is 1. The van der Waals surface area contributed by atoms with Gasteiger partial charge in [0.05, 0.1) is 12.8 Å². The molecule has 0 atom stereocenters. The van der Waals surface area contributed by atoms with Crippen LogP contribution in [0.5, 0.6) is 5.75 Å². The van der Waals surface area contributed by atoms with Gasteiger partial charge in [0, 0.05) is 16.1 Å². The molecular weight excluding hydrogens is 278 g/mol. The van der Waals surface area contributed by atoms with Crippen molar-refractivity contribution in [1.29, 1.82) is 0 Å². The third-order valence-electron chi connectivity index (χ3n) is 2.74. The molecule has 2 rings (SSSR count). The van der Waals surface area contributed by atoms with Gasteiger partial charge in [0.1, 0.15) is 5.75 Å². The lowest BCUT2D eigenvalue weighted by Crippen LogP contribution is -2.13. The van der Waals surface area contributed by atoms with Gasteiger partial charge in [0.2, 0.25) is 0 Å². The fourth-order valence-electron chi connectivity index (χ4n) is 1.67. The first kappa shape index (κ1) is 14.1. The topological polar surface area (TPSA) is 55.4 Å². The van der Waals surface area contributed by atoms with E-state index >= 15 is 0 Å². The monoisotopic (exact) mass is 289 g/mol. The van der Waals surface area contributed by atoms with Crippen molar-refractivity contribution in [2.24, 2.45) is 0 Å². The van der Waals surface area contributed by atoms with E-state index in [2.05, 4.69) is 5.32 Å². The Morgan fingerprint density at radius 3 is 2.50 bits per heavy atom. The summed E-state index contributed by atoms with van der Waals surface area (Å²) in [5, 5.41) is 3.23. The van der Waals surface area contributed by atoms with E-state index in [4.69, 9.17) is 16.3 Å². The maximum absolute atomic E-state index is 12.0. The van der Waals surface area contributed by atoms with Gasteiger partial charge in [-0.05, 0) is 42.5 Å². The zero-order valence-electron chi connectivity index (χ0n) is 10.7. The molecule has 0 aliphatic rings. The second-order valence-corrected chi connectivity index (χ2v) is 4.47. The Morgan fingerprint density at radius 2 is 1.90 bits per heavy atom. The van der Waals surface area contributed by atoms with Gasteiger partial charge < -0.3 is 10.1 Å². The maximum atomic E-state index is 12.0. The fourth-order valence-corrected chi connectivity index (χ4v) is 1.80. The molecule has 2 aromatic rings. The van der Waals surface area contributed by atoms with Crippen molar-refractivity contribution in [2.45, 2.75) is 0 Å². The second kappa shape index (κ2) is 6.21. The Labute approximate surface area is 121 Å². The molecule has 102 valence electrons. The van der Waals surface area contributed by atoms with Crippen LogP contribution in [0.15, 0.2) is 42.5 Å². The fraction of sp³-hybridized carbons (Fsp3) is 0.0667. The summed E-state index contributed by atoms with van der Waals surface area (Å²) in [6.07, 6.45) is 0.667. The number of carbonyl (C=O) groups excluding carboxylic acids is 2. The van der Waals surface area contributed by atoms with Crippen molar-refractivity contribution in [1.82, 2.24) is 0 Å². The molecule has 1 amide bonds. The molecule has 0 heterocycles. The molecule has 0 unspecified atom stereocenters. The molecular formula is C15H12ClNO3. The summed E-state index contributed by atoms with van der Waals surface area (Å²) in [6, 6.07) is 11.3. The molecule has 5 heteroatoms. The van der Waals surface area contributed by atoms with Gasteiger partial charge in [-0.15, -0.1) is 0 Å². The number of nitrogens with one attached hydrogen (secondary N) is 1. The van der Waals surface area contributed by atoms with Crippen LogP contribution in [0, 0.1) is 0 Å². The molecule has 20 heavy (non-hydrogen) atoms. The number of amides is 1. The summed E-state index contributed by atoms with van der Waals surface area (Å²) < 4.78 is 5.03. The first-order valence-electron chi connectivity index (χ1n) is 5.84. The molecule has 0 bridgehead atoms. The molecule has 0 radical (unpaired) electrons. The van der Waals surface area contributed by atoms with E-state index in [1.807, 2.05) is 0 Å². The lowest BCUT2D eigenvalue weighted by atomic mass is 10.1. The van der Waals surface area contributed by atoms with E-state index in [1.54, 1.807) is 42.5 Å². The molecule has 0 saturated carbocycles. The SMILES string of the molecule is COc1ccc(NC(=O)c2ccc(Cl)cc2)c(C=O)c1. The summed E-state index contributed by atoms with van der Waals surface area (Å²) >= 11 is 5.77. The number of rotatable bonds is 4. The van der Waals surface area contributed by atoms with E-state index < -0.39 is 0 Å². The third kappa shape index (κ3) is 3.16. The average molecular weight is 290 g/mol. The number of carbonyl (C=O) groups is 2. The Morgan fingerprint density at radius 1 is 1.20 bits per heavy atom. The first-order chi connectivity index (χ1) is 9.63. The van der Waals surface area contributed by atoms with Gasteiger partial charge >= 0.3 is 0 Å². The normalized spacial score (nSPS) is 9.90. The van der Waals surface area contributed by atoms with Crippen LogP contribution >= 0.6 is 11.6 Å². The Balaban J connectivity index is 2.23. The third-order valence-corrected chi connectivity index (χ3v) is 2.99. The second-order valence-electron chi connectivity index (χ2n) is 4.03. The number of anilines is 1. The van der Waals surface area contributed by atoms with Crippen molar-refractivity contribution in [3.05, 3.63) is 58.6 Å². The minimum absolute atomic E-state index is 0.310. The molecule has 0 aliphatic carbocycles. The first-order valence-corrected chi connectivity index (χ1v) is 6.22. The molecule has 0 aromatic heterocycles. The van der Waals surface area contributed by atoms with Crippen molar-refractivity contribution >= 4 is 29.5 Å². The van der Waals surface area contributed by atoms with Gasteiger partial charge in [-0.25, -0.2) is 0 Å².